The molecule has 0 saturated heterocycles. The smallest absolute Gasteiger partial charge is 0.251 e. The average Bonchev–Trinajstić information content (AvgIpc) is 3.47. The van der Waals surface area contributed by atoms with Crippen LogP contribution in [0.1, 0.15) is 27.4 Å². The van der Waals surface area contributed by atoms with Gasteiger partial charge >= 0.3 is 0 Å². The van der Waals surface area contributed by atoms with Crippen LogP contribution >= 0.6 is 0 Å². The van der Waals surface area contributed by atoms with Crippen molar-refractivity contribution in [1.29, 1.82) is 0 Å². The van der Waals surface area contributed by atoms with Crippen molar-refractivity contribution in [1.82, 2.24) is 15.3 Å². The van der Waals surface area contributed by atoms with Crippen LogP contribution in [0.15, 0.2) is 91.3 Å². The average molecular weight is 424 g/mol. The molecule has 0 unspecified atom stereocenters. The highest BCUT2D eigenvalue weighted by Gasteiger charge is 2.21. The van der Waals surface area contributed by atoms with Crippen molar-refractivity contribution in [3.05, 3.63) is 108 Å². The highest BCUT2D eigenvalue weighted by molar-refractivity contribution is 5.94. The summed E-state index contributed by atoms with van der Waals surface area (Å²) in [4.78, 5) is 19.0. The molecular formula is C27H25N3O2. The summed E-state index contributed by atoms with van der Waals surface area (Å²) in [6.07, 6.45) is 4.16. The topological polar surface area (TPSA) is 69.9 Å². The van der Waals surface area contributed by atoms with Gasteiger partial charge in [0.05, 0.1) is 13.2 Å². The van der Waals surface area contributed by atoms with Crippen molar-refractivity contribution >= 4 is 27.7 Å². The number of carbonyl (C=O) groups excluding carboxylic acids is 1. The molecule has 0 radical (unpaired) electrons. The van der Waals surface area contributed by atoms with Gasteiger partial charge in [-0.15, -0.1) is 0 Å². The summed E-state index contributed by atoms with van der Waals surface area (Å²) in [5.74, 6) is -0.0221. The zero-order chi connectivity index (χ0) is 21.8. The zero-order valence-corrected chi connectivity index (χ0v) is 17.7. The molecule has 5 nitrogen and oxygen atoms in total. The molecular weight excluding hydrogens is 398 g/mol. The number of hydrogen-bond donors (Lipinski definition) is 3. The van der Waals surface area contributed by atoms with Crippen LogP contribution in [0.25, 0.3) is 21.8 Å². The second-order valence-corrected chi connectivity index (χ2v) is 7.83. The minimum Gasteiger partial charge on any atom is -0.379 e. The normalized spacial score (nSPS) is 11.4. The third-order valence-electron chi connectivity index (χ3n) is 5.85. The zero-order valence-electron chi connectivity index (χ0n) is 17.7. The van der Waals surface area contributed by atoms with Crippen LogP contribution in [0, 0.1) is 0 Å². The number of benzene rings is 3. The van der Waals surface area contributed by atoms with Crippen molar-refractivity contribution in [3.8, 4) is 0 Å². The van der Waals surface area contributed by atoms with E-state index in [-0.39, 0.29) is 11.8 Å². The van der Waals surface area contributed by atoms with E-state index in [0.717, 1.165) is 11.0 Å². The van der Waals surface area contributed by atoms with Crippen LogP contribution in [0.2, 0.25) is 0 Å². The number of amides is 1. The number of hydrogen-bond acceptors (Lipinski definition) is 2. The van der Waals surface area contributed by atoms with Crippen LogP contribution in [-0.2, 0) is 4.74 Å². The lowest BCUT2D eigenvalue weighted by molar-refractivity contribution is 0.0910. The molecule has 2 heterocycles. The second-order valence-electron chi connectivity index (χ2n) is 7.83. The van der Waals surface area contributed by atoms with Gasteiger partial charge in [0.1, 0.15) is 0 Å². The molecule has 160 valence electrons. The van der Waals surface area contributed by atoms with Crippen molar-refractivity contribution in [2.24, 2.45) is 0 Å². The monoisotopic (exact) mass is 423 g/mol. The Bertz CT molecular complexity index is 1260. The highest BCUT2D eigenvalue weighted by atomic mass is 16.5. The molecule has 0 saturated carbocycles. The lowest BCUT2D eigenvalue weighted by Crippen LogP contribution is -2.27. The molecule has 3 N–H and O–H groups in total. The van der Waals surface area contributed by atoms with E-state index >= 15 is 0 Å². The first-order valence-electron chi connectivity index (χ1n) is 10.8. The van der Waals surface area contributed by atoms with Crippen LogP contribution < -0.4 is 5.32 Å². The summed E-state index contributed by atoms with van der Waals surface area (Å²) >= 11 is 0. The lowest BCUT2D eigenvalue weighted by Gasteiger charge is -2.17. The number of rotatable bonds is 8. The van der Waals surface area contributed by atoms with Gasteiger partial charge in [-0.05, 0) is 35.4 Å². The maximum Gasteiger partial charge on any atom is 0.251 e. The quantitative estimate of drug-likeness (QED) is 0.299. The largest absolute Gasteiger partial charge is 0.379 e. The molecule has 5 heteroatoms. The Morgan fingerprint density at radius 1 is 0.781 bits per heavy atom. The van der Waals surface area contributed by atoms with Crippen molar-refractivity contribution in [3.63, 3.8) is 0 Å². The first kappa shape index (κ1) is 20.1. The fourth-order valence-electron chi connectivity index (χ4n) is 4.24. The summed E-state index contributed by atoms with van der Waals surface area (Å²) in [6, 6.07) is 25.9. The van der Waals surface area contributed by atoms with E-state index in [9.17, 15) is 4.79 Å². The fraction of sp³-hybridized carbons (Fsp3) is 0.148. The van der Waals surface area contributed by atoms with Gasteiger partial charge in [0.15, 0.2) is 0 Å². The Morgan fingerprint density at radius 3 is 1.97 bits per heavy atom. The third kappa shape index (κ3) is 4.03. The molecule has 0 atom stereocenters. The molecule has 0 bridgehead atoms. The summed E-state index contributed by atoms with van der Waals surface area (Å²) in [7, 11) is 0. The van der Waals surface area contributed by atoms with Gasteiger partial charge in [-0.1, -0.05) is 54.6 Å². The first-order valence-corrected chi connectivity index (χ1v) is 10.8. The Kier molecular flexibility index (Phi) is 5.73. The lowest BCUT2D eigenvalue weighted by atomic mass is 9.91. The number of ether oxygens (including phenoxy) is 1. The van der Waals surface area contributed by atoms with Crippen molar-refractivity contribution in [2.75, 3.05) is 19.8 Å². The van der Waals surface area contributed by atoms with Crippen molar-refractivity contribution in [2.45, 2.75) is 5.92 Å². The molecule has 3 aromatic carbocycles. The SMILES string of the molecule is O=C(NCCOCC(c1c[nH]c2ccccc12)c1c[nH]c2ccccc12)c1ccccc1. The van der Waals surface area contributed by atoms with E-state index in [2.05, 4.69) is 64.1 Å². The molecule has 5 aromatic rings. The molecule has 0 aliphatic carbocycles. The van der Waals surface area contributed by atoms with Crippen LogP contribution in [-0.4, -0.2) is 35.6 Å². The molecule has 0 aliphatic heterocycles. The Balaban J connectivity index is 1.32. The molecule has 32 heavy (non-hydrogen) atoms. The van der Waals surface area contributed by atoms with E-state index < -0.39 is 0 Å². The predicted molar refractivity (Wildman–Crippen MR) is 128 cm³/mol. The Morgan fingerprint density at radius 2 is 1.34 bits per heavy atom. The minimum absolute atomic E-state index is 0.0622. The maximum absolute atomic E-state index is 12.2. The maximum atomic E-state index is 12.2. The first-order chi connectivity index (χ1) is 15.8. The number of para-hydroxylation sites is 2. The second kappa shape index (κ2) is 9.12. The van der Waals surface area contributed by atoms with Gasteiger partial charge in [-0.25, -0.2) is 0 Å². The van der Waals surface area contributed by atoms with Crippen molar-refractivity contribution < 1.29 is 9.53 Å². The predicted octanol–water partition coefficient (Wildman–Crippen LogP) is 5.23. The number of carbonyl (C=O) groups is 1. The summed E-state index contributed by atoms with van der Waals surface area (Å²) in [5, 5.41) is 5.32. The number of aromatic nitrogens is 2. The molecule has 1 amide bonds. The Hall–Kier alpha value is -3.83. The number of fused-ring (bicyclic) bond motifs is 2. The van der Waals surface area contributed by atoms with Gasteiger partial charge in [-0.2, -0.15) is 0 Å². The molecule has 0 aliphatic rings. The standard InChI is InChI=1S/C27H25N3O2/c31-27(19-8-2-1-3-9-19)28-14-15-32-18-24(22-16-29-25-12-6-4-10-20(22)25)23-17-30-26-13-7-5-11-21(23)26/h1-13,16-17,24,29-30H,14-15,18H2,(H,28,31). The van der Waals surface area contributed by atoms with Gasteiger partial charge in [0, 0.05) is 52.2 Å². The highest BCUT2D eigenvalue weighted by Crippen LogP contribution is 2.35. The minimum atomic E-state index is -0.0843. The summed E-state index contributed by atoms with van der Waals surface area (Å²) in [6.45, 7) is 1.42. The van der Waals surface area contributed by atoms with Crippen LogP contribution in [0.4, 0.5) is 0 Å². The number of H-pyrrole nitrogens is 2. The third-order valence-corrected chi connectivity index (χ3v) is 5.85. The molecule has 2 aromatic heterocycles. The number of aromatic amines is 2. The summed E-state index contributed by atoms with van der Waals surface area (Å²) in [5.41, 5.74) is 5.30. The van der Waals surface area contributed by atoms with E-state index in [0.29, 0.717) is 25.3 Å². The van der Waals surface area contributed by atoms with Gasteiger partial charge < -0.3 is 20.0 Å². The Labute approximate surface area is 186 Å². The van der Waals surface area contributed by atoms with Gasteiger partial charge in [0.25, 0.3) is 5.91 Å². The van der Waals surface area contributed by atoms with E-state index in [4.69, 9.17) is 4.74 Å². The van der Waals surface area contributed by atoms with Crippen LogP contribution in [0.3, 0.4) is 0 Å². The molecule has 0 fully saturated rings. The summed E-state index contributed by atoms with van der Waals surface area (Å²) < 4.78 is 6.09. The number of nitrogens with one attached hydrogen (secondary N) is 3. The fourth-order valence-corrected chi connectivity index (χ4v) is 4.24. The molecule has 5 rings (SSSR count). The van der Waals surface area contributed by atoms with E-state index in [1.807, 2.05) is 30.3 Å². The van der Waals surface area contributed by atoms with E-state index in [1.54, 1.807) is 12.1 Å². The van der Waals surface area contributed by atoms with Crippen LogP contribution in [0.5, 0.6) is 0 Å². The van der Waals surface area contributed by atoms with Gasteiger partial charge in [-0.3, -0.25) is 4.79 Å². The molecule has 0 spiro atoms. The van der Waals surface area contributed by atoms with Gasteiger partial charge in [0.2, 0.25) is 0 Å². The van der Waals surface area contributed by atoms with E-state index in [1.165, 1.54) is 21.9 Å².